The molecule has 6 heteroatoms. The van der Waals surface area contributed by atoms with Crippen molar-refractivity contribution in [3.05, 3.63) is 0 Å². The Morgan fingerprint density at radius 3 is 2.29 bits per heavy atom. The molecule has 2 aliphatic rings. The van der Waals surface area contributed by atoms with Crippen molar-refractivity contribution < 1.29 is 8.42 Å². The van der Waals surface area contributed by atoms with Crippen molar-refractivity contribution in [1.29, 1.82) is 0 Å². The number of hydrogen-bond acceptors (Lipinski definition) is 3. The zero-order valence-electron chi connectivity index (χ0n) is 10.2. The molecule has 0 bridgehead atoms. The molecule has 0 spiro atoms. The Balaban J connectivity index is 0.00000144. The van der Waals surface area contributed by atoms with Gasteiger partial charge in [-0.05, 0) is 25.2 Å². The molecule has 2 rings (SSSR count). The third kappa shape index (κ3) is 4.09. The zero-order valence-corrected chi connectivity index (χ0v) is 11.8. The molecule has 4 nitrogen and oxygen atoms in total. The second kappa shape index (κ2) is 6.36. The standard InChI is InChI=1S/C11H22N2O2S.ClH/c12-11-6-7-13(8-11)16(14,15)9-10-4-2-1-3-5-10;/h10-11H,1-9,12H2;1H/t11-;/m0./s1. The van der Waals surface area contributed by atoms with Crippen LogP contribution in [-0.2, 0) is 10.0 Å². The Morgan fingerprint density at radius 1 is 1.12 bits per heavy atom. The molecule has 0 aromatic carbocycles. The molecular formula is C11H23ClN2O2S. The molecule has 1 atom stereocenters. The summed E-state index contributed by atoms with van der Waals surface area (Å²) in [5, 5.41) is 0. The van der Waals surface area contributed by atoms with Crippen molar-refractivity contribution in [1.82, 2.24) is 4.31 Å². The summed E-state index contributed by atoms with van der Waals surface area (Å²) < 4.78 is 25.8. The highest BCUT2D eigenvalue weighted by Gasteiger charge is 2.31. The molecular weight excluding hydrogens is 260 g/mol. The third-order valence-corrected chi connectivity index (χ3v) is 5.76. The van der Waals surface area contributed by atoms with Gasteiger partial charge in [0.05, 0.1) is 5.75 Å². The van der Waals surface area contributed by atoms with Crippen molar-refractivity contribution in [3.63, 3.8) is 0 Å². The lowest BCUT2D eigenvalue weighted by Crippen LogP contribution is -2.35. The molecule has 1 saturated heterocycles. The highest BCUT2D eigenvalue weighted by atomic mass is 35.5. The van der Waals surface area contributed by atoms with Gasteiger partial charge >= 0.3 is 0 Å². The largest absolute Gasteiger partial charge is 0.326 e. The van der Waals surface area contributed by atoms with Crippen molar-refractivity contribution in [2.45, 2.75) is 44.6 Å². The molecule has 0 radical (unpaired) electrons. The van der Waals surface area contributed by atoms with Crippen LogP contribution in [-0.4, -0.2) is 37.6 Å². The van der Waals surface area contributed by atoms with Gasteiger partial charge in [0.2, 0.25) is 10.0 Å². The summed E-state index contributed by atoms with van der Waals surface area (Å²) in [6.45, 7) is 1.14. The van der Waals surface area contributed by atoms with E-state index in [1.54, 1.807) is 4.31 Å². The van der Waals surface area contributed by atoms with Crippen molar-refractivity contribution >= 4 is 22.4 Å². The molecule has 2 fully saturated rings. The van der Waals surface area contributed by atoms with Crippen LogP contribution in [0.3, 0.4) is 0 Å². The Labute approximate surface area is 110 Å². The van der Waals surface area contributed by atoms with E-state index in [4.69, 9.17) is 5.73 Å². The quantitative estimate of drug-likeness (QED) is 0.850. The van der Waals surface area contributed by atoms with E-state index in [9.17, 15) is 8.42 Å². The van der Waals surface area contributed by atoms with Crippen molar-refractivity contribution in [2.75, 3.05) is 18.8 Å². The first-order chi connectivity index (χ1) is 7.58. The number of nitrogens with two attached hydrogens (primary N) is 1. The van der Waals surface area contributed by atoms with E-state index < -0.39 is 10.0 Å². The SMILES string of the molecule is Cl.N[C@H]1CCN(S(=O)(=O)CC2CCCCC2)C1. The van der Waals surface area contributed by atoms with Gasteiger partial charge in [0.15, 0.2) is 0 Å². The second-order valence-corrected chi connectivity index (χ2v) is 7.20. The average molecular weight is 283 g/mol. The monoisotopic (exact) mass is 282 g/mol. The van der Waals surface area contributed by atoms with Crippen LogP contribution in [0.15, 0.2) is 0 Å². The van der Waals surface area contributed by atoms with Gasteiger partial charge in [0.25, 0.3) is 0 Å². The highest BCUT2D eigenvalue weighted by Crippen LogP contribution is 2.26. The van der Waals surface area contributed by atoms with Gasteiger partial charge in [0.1, 0.15) is 0 Å². The van der Waals surface area contributed by atoms with E-state index in [0.29, 0.717) is 24.8 Å². The van der Waals surface area contributed by atoms with Crippen molar-refractivity contribution in [3.8, 4) is 0 Å². The normalized spacial score (nSPS) is 27.9. The van der Waals surface area contributed by atoms with Crippen LogP contribution in [0.2, 0.25) is 0 Å². The fourth-order valence-corrected chi connectivity index (χ4v) is 4.71. The Hall–Kier alpha value is 0.160. The first-order valence-electron chi connectivity index (χ1n) is 6.31. The Morgan fingerprint density at radius 2 is 1.76 bits per heavy atom. The minimum atomic E-state index is -3.04. The molecule has 1 heterocycles. The Kier molecular flexibility index (Phi) is 5.70. The topological polar surface area (TPSA) is 63.4 Å². The Bertz CT molecular complexity index is 328. The molecule has 0 amide bonds. The van der Waals surface area contributed by atoms with Gasteiger partial charge < -0.3 is 5.73 Å². The fourth-order valence-electron chi connectivity index (χ4n) is 2.76. The molecule has 2 N–H and O–H groups in total. The van der Waals surface area contributed by atoms with Crippen LogP contribution in [0.25, 0.3) is 0 Å². The smallest absolute Gasteiger partial charge is 0.214 e. The maximum absolute atomic E-state index is 12.1. The molecule has 102 valence electrons. The molecule has 1 saturated carbocycles. The van der Waals surface area contributed by atoms with Gasteiger partial charge in [-0.1, -0.05) is 19.3 Å². The van der Waals surface area contributed by atoms with Crippen molar-refractivity contribution in [2.24, 2.45) is 11.7 Å². The van der Waals surface area contributed by atoms with E-state index in [1.165, 1.54) is 19.3 Å². The van der Waals surface area contributed by atoms with Crippen LogP contribution < -0.4 is 5.73 Å². The number of rotatable bonds is 3. The molecule has 0 unspecified atom stereocenters. The summed E-state index contributed by atoms with van der Waals surface area (Å²) in [5.41, 5.74) is 5.75. The van der Waals surface area contributed by atoms with Crippen LogP contribution in [0, 0.1) is 5.92 Å². The number of halogens is 1. The predicted octanol–water partition coefficient (Wildman–Crippen LogP) is 1.35. The first kappa shape index (κ1) is 15.2. The molecule has 0 aromatic rings. The summed E-state index contributed by atoms with van der Waals surface area (Å²) >= 11 is 0. The summed E-state index contributed by atoms with van der Waals surface area (Å²) in [6, 6.07) is 0.0427. The third-order valence-electron chi connectivity index (χ3n) is 3.75. The predicted molar refractivity (Wildman–Crippen MR) is 71.8 cm³/mol. The number of sulfonamides is 1. The van der Waals surface area contributed by atoms with Gasteiger partial charge in [0, 0.05) is 19.1 Å². The minimum Gasteiger partial charge on any atom is -0.326 e. The molecule has 1 aliphatic heterocycles. The highest BCUT2D eigenvalue weighted by molar-refractivity contribution is 7.89. The lowest BCUT2D eigenvalue weighted by atomic mass is 9.91. The average Bonchev–Trinajstić information content (AvgIpc) is 2.66. The van der Waals surface area contributed by atoms with Gasteiger partial charge in [-0.3, -0.25) is 0 Å². The summed E-state index contributed by atoms with van der Waals surface area (Å²) in [5.74, 6) is 0.732. The van der Waals surface area contributed by atoms with Crippen LogP contribution in [0.4, 0.5) is 0 Å². The van der Waals surface area contributed by atoms with Gasteiger partial charge in [-0.25, -0.2) is 12.7 Å². The number of nitrogens with zero attached hydrogens (tertiary/aromatic N) is 1. The van der Waals surface area contributed by atoms with E-state index >= 15 is 0 Å². The van der Waals surface area contributed by atoms with Gasteiger partial charge in [-0.2, -0.15) is 0 Å². The second-order valence-electron chi connectivity index (χ2n) is 5.19. The van der Waals surface area contributed by atoms with E-state index in [1.807, 2.05) is 0 Å². The van der Waals surface area contributed by atoms with Gasteiger partial charge in [-0.15, -0.1) is 12.4 Å². The maximum Gasteiger partial charge on any atom is 0.214 e. The number of hydrogen-bond donors (Lipinski definition) is 1. The van der Waals surface area contributed by atoms with Crippen LogP contribution in [0.1, 0.15) is 38.5 Å². The maximum atomic E-state index is 12.1. The molecule has 0 aromatic heterocycles. The summed E-state index contributed by atoms with van der Waals surface area (Å²) in [7, 11) is -3.04. The fraction of sp³-hybridized carbons (Fsp3) is 1.00. The summed E-state index contributed by atoms with van der Waals surface area (Å²) in [4.78, 5) is 0. The van der Waals surface area contributed by atoms with E-state index in [-0.39, 0.29) is 18.4 Å². The minimum absolute atomic E-state index is 0. The lowest BCUT2D eigenvalue weighted by Gasteiger charge is -2.24. The first-order valence-corrected chi connectivity index (χ1v) is 7.92. The summed E-state index contributed by atoms with van der Waals surface area (Å²) in [6.07, 6.45) is 6.63. The van der Waals surface area contributed by atoms with Crippen LogP contribution in [0.5, 0.6) is 0 Å². The lowest BCUT2D eigenvalue weighted by molar-refractivity contribution is 0.375. The zero-order chi connectivity index (χ0) is 11.6. The molecule has 17 heavy (non-hydrogen) atoms. The van der Waals surface area contributed by atoms with Crippen LogP contribution >= 0.6 is 12.4 Å². The molecule has 1 aliphatic carbocycles. The van der Waals surface area contributed by atoms with E-state index in [0.717, 1.165) is 19.3 Å². The van der Waals surface area contributed by atoms with E-state index in [2.05, 4.69) is 0 Å².